The number of ketones is 1. The highest BCUT2D eigenvalue weighted by molar-refractivity contribution is 7.99. The molecule has 0 spiro atoms. The number of rotatable bonds is 4. The summed E-state index contributed by atoms with van der Waals surface area (Å²) in [5.41, 5.74) is 2.38. The summed E-state index contributed by atoms with van der Waals surface area (Å²) in [6, 6.07) is 3.47. The predicted octanol–water partition coefficient (Wildman–Crippen LogP) is 2.20. The van der Waals surface area contributed by atoms with Crippen LogP contribution in [0, 0.1) is 0 Å². The number of carbonyl (C=O) groups is 1. The summed E-state index contributed by atoms with van der Waals surface area (Å²) in [7, 11) is -0.524. The minimum Gasteiger partial charge on any atom is -0.387 e. The molecule has 0 amide bonds. The van der Waals surface area contributed by atoms with Crippen LogP contribution in [0.5, 0.6) is 0 Å². The average Bonchev–Trinajstić information content (AvgIpc) is 2.25. The van der Waals surface area contributed by atoms with E-state index in [9.17, 15) is 9.00 Å². The quantitative estimate of drug-likeness (QED) is 0.661. The SMILES string of the molecule is C=S(C)(=O)c1ccc(C(C)=O)c(CC)c1NC. The lowest BCUT2D eigenvalue weighted by molar-refractivity contribution is 0.101. The van der Waals surface area contributed by atoms with Gasteiger partial charge in [0.15, 0.2) is 5.78 Å². The molecule has 0 aliphatic rings. The van der Waals surface area contributed by atoms with E-state index in [0.717, 1.165) is 11.3 Å². The first kappa shape index (κ1) is 13.8. The van der Waals surface area contributed by atoms with E-state index in [2.05, 4.69) is 11.2 Å². The molecule has 0 bridgehead atoms. The van der Waals surface area contributed by atoms with Crippen LogP contribution in [0.15, 0.2) is 17.0 Å². The lowest BCUT2D eigenvalue weighted by Crippen LogP contribution is -2.09. The number of benzene rings is 1. The summed E-state index contributed by atoms with van der Waals surface area (Å²) >= 11 is 0. The monoisotopic (exact) mass is 253 g/mol. The van der Waals surface area contributed by atoms with Crippen molar-refractivity contribution >= 4 is 26.9 Å². The summed E-state index contributed by atoms with van der Waals surface area (Å²) in [5, 5.41) is 3.05. The van der Waals surface area contributed by atoms with Gasteiger partial charge in [0.2, 0.25) is 0 Å². The molecule has 0 saturated heterocycles. The van der Waals surface area contributed by atoms with E-state index in [4.69, 9.17) is 0 Å². The Morgan fingerprint density at radius 1 is 1.47 bits per heavy atom. The van der Waals surface area contributed by atoms with Crippen molar-refractivity contribution in [3.8, 4) is 0 Å². The molecule has 1 atom stereocenters. The molecule has 0 radical (unpaired) electrons. The van der Waals surface area contributed by atoms with Gasteiger partial charge in [-0.05, 0) is 46.4 Å². The molecule has 0 aliphatic heterocycles. The topological polar surface area (TPSA) is 46.2 Å². The molecule has 0 fully saturated rings. The van der Waals surface area contributed by atoms with E-state index in [1.165, 1.54) is 0 Å². The number of hydrogen-bond donors (Lipinski definition) is 1. The van der Waals surface area contributed by atoms with Crippen molar-refractivity contribution in [2.75, 3.05) is 18.6 Å². The zero-order valence-corrected chi connectivity index (χ0v) is 11.6. The maximum Gasteiger partial charge on any atom is 0.160 e. The molecule has 94 valence electrons. The van der Waals surface area contributed by atoms with E-state index < -0.39 is 9.52 Å². The Morgan fingerprint density at radius 2 is 2.06 bits per heavy atom. The second-order valence-electron chi connectivity index (χ2n) is 4.13. The summed E-state index contributed by atoms with van der Waals surface area (Å²) in [4.78, 5) is 12.2. The molecule has 0 aliphatic carbocycles. The summed E-state index contributed by atoms with van der Waals surface area (Å²) in [6.45, 7) is 3.52. The zero-order chi connectivity index (χ0) is 13.2. The van der Waals surface area contributed by atoms with Gasteiger partial charge in [-0.25, -0.2) is 0 Å². The van der Waals surface area contributed by atoms with Gasteiger partial charge < -0.3 is 5.32 Å². The van der Waals surface area contributed by atoms with Crippen molar-refractivity contribution in [3.63, 3.8) is 0 Å². The second-order valence-corrected chi connectivity index (χ2v) is 6.58. The van der Waals surface area contributed by atoms with Crippen molar-refractivity contribution < 1.29 is 9.00 Å². The van der Waals surface area contributed by atoms with Crippen molar-refractivity contribution in [1.82, 2.24) is 0 Å². The Balaban J connectivity index is 3.66. The minimum absolute atomic E-state index is 0.0246. The first-order valence-electron chi connectivity index (χ1n) is 5.49. The van der Waals surface area contributed by atoms with Crippen LogP contribution >= 0.6 is 0 Å². The first-order valence-corrected chi connectivity index (χ1v) is 7.63. The van der Waals surface area contributed by atoms with E-state index in [-0.39, 0.29) is 5.78 Å². The van der Waals surface area contributed by atoms with Crippen LogP contribution in [0.2, 0.25) is 0 Å². The smallest absolute Gasteiger partial charge is 0.160 e. The standard InChI is InChI=1S/C13H19NO2S/c1-6-10-11(9(2)15)7-8-12(13(10)14-3)17(4,5)16/h7-8,14H,4,6H2,1-3,5H3. The number of anilines is 1. The fraction of sp³-hybridized carbons (Fsp3) is 0.385. The van der Waals surface area contributed by atoms with Crippen LogP contribution in [0.3, 0.4) is 0 Å². The lowest BCUT2D eigenvalue weighted by atomic mass is 10.00. The number of hydrogen-bond acceptors (Lipinski definition) is 3. The Bertz CT molecular complexity index is 545. The fourth-order valence-corrected chi connectivity index (χ4v) is 2.97. The third-order valence-corrected chi connectivity index (χ3v) is 3.99. The number of carbonyl (C=O) groups excluding carboxylic acids is 1. The molecule has 4 heteroatoms. The molecule has 17 heavy (non-hydrogen) atoms. The van der Waals surface area contributed by atoms with Gasteiger partial charge in [0.1, 0.15) is 0 Å². The first-order chi connectivity index (χ1) is 7.82. The Morgan fingerprint density at radius 3 is 2.41 bits per heavy atom. The maximum atomic E-state index is 12.1. The van der Waals surface area contributed by atoms with Crippen LogP contribution in [0.4, 0.5) is 5.69 Å². The minimum atomic E-state index is -2.29. The van der Waals surface area contributed by atoms with Crippen LogP contribution in [-0.2, 0) is 15.9 Å². The van der Waals surface area contributed by atoms with Crippen molar-refractivity contribution in [1.29, 1.82) is 0 Å². The normalized spacial score (nSPS) is 14.1. The maximum absolute atomic E-state index is 12.1. The molecule has 3 nitrogen and oxygen atoms in total. The Kier molecular flexibility index (Phi) is 3.98. The van der Waals surface area contributed by atoms with Gasteiger partial charge in [0.05, 0.1) is 10.6 Å². The summed E-state index contributed by atoms with van der Waals surface area (Å²) in [6.07, 6.45) is 2.32. The Labute approximate surface area is 103 Å². The van der Waals surface area contributed by atoms with Crippen LogP contribution in [-0.4, -0.2) is 29.2 Å². The third kappa shape index (κ3) is 2.69. The molecular weight excluding hydrogens is 234 g/mol. The third-order valence-electron chi connectivity index (χ3n) is 2.72. The predicted molar refractivity (Wildman–Crippen MR) is 74.8 cm³/mol. The van der Waals surface area contributed by atoms with Gasteiger partial charge in [0, 0.05) is 18.9 Å². The highest BCUT2D eigenvalue weighted by Gasteiger charge is 2.16. The molecule has 1 unspecified atom stereocenters. The summed E-state index contributed by atoms with van der Waals surface area (Å²) in [5.74, 6) is 3.73. The highest BCUT2D eigenvalue weighted by atomic mass is 32.2. The van der Waals surface area contributed by atoms with Gasteiger partial charge >= 0.3 is 0 Å². The molecule has 0 heterocycles. The average molecular weight is 253 g/mol. The fourth-order valence-electron chi connectivity index (χ4n) is 1.96. The van der Waals surface area contributed by atoms with E-state index in [1.54, 1.807) is 32.4 Å². The van der Waals surface area contributed by atoms with Crippen LogP contribution < -0.4 is 5.32 Å². The zero-order valence-electron chi connectivity index (χ0n) is 10.8. The lowest BCUT2D eigenvalue weighted by Gasteiger charge is -2.17. The van der Waals surface area contributed by atoms with E-state index in [0.29, 0.717) is 16.9 Å². The van der Waals surface area contributed by atoms with Gasteiger partial charge in [-0.1, -0.05) is 6.92 Å². The summed E-state index contributed by atoms with van der Waals surface area (Å²) < 4.78 is 12.1. The molecule has 1 aromatic rings. The van der Waals surface area contributed by atoms with Gasteiger partial charge in [-0.15, -0.1) is 0 Å². The largest absolute Gasteiger partial charge is 0.387 e. The molecule has 0 saturated carbocycles. The second kappa shape index (κ2) is 4.92. The highest BCUT2D eigenvalue weighted by Crippen LogP contribution is 2.29. The molecule has 1 rings (SSSR count). The van der Waals surface area contributed by atoms with Crippen LogP contribution in [0.1, 0.15) is 29.8 Å². The van der Waals surface area contributed by atoms with E-state index in [1.807, 2.05) is 6.92 Å². The molecule has 1 N–H and O–H groups in total. The van der Waals surface area contributed by atoms with Crippen molar-refractivity contribution in [2.45, 2.75) is 25.2 Å². The number of Topliss-reactive ketones (excluding diaryl/α,β-unsaturated/α-hetero) is 1. The van der Waals surface area contributed by atoms with Gasteiger partial charge in [-0.2, -0.15) is 0 Å². The van der Waals surface area contributed by atoms with Gasteiger partial charge in [-0.3, -0.25) is 9.00 Å². The van der Waals surface area contributed by atoms with Crippen LogP contribution in [0.25, 0.3) is 0 Å². The van der Waals surface area contributed by atoms with Crippen molar-refractivity contribution in [2.24, 2.45) is 0 Å². The molecule has 0 aromatic heterocycles. The molecular formula is C13H19NO2S. The molecule has 1 aromatic carbocycles. The van der Waals surface area contributed by atoms with Crippen molar-refractivity contribution in [3.05, 3.63) is 23.3 Å². The van der Waals surface area contributed by atoms with E-state index >= 15 is 0 Å². The Hall–Kier alpha value is -1.29. The van der Waals surface area contributed by atoms with Gasteiger partial charge in [0.25, 0.3) is 0 Å². The number of nitrogens with one attached hydrogen (secondary N) is 1.